The number of rotatable bonds is 8. The van der Waals surface area contributed by atoms with Crippen LogP contribution in [0.15, 0.2) is 41.7 Å². The molecule has 2 aromatic heterocycles. The number of likely N-dealkylation sites (N-methyl/N-ethyl adjacent to an activating group) is 1. The van der Waals surface area contributed by atoms with E-state index in [1.54, 1.807) is 16.9 Å². The minimum absolute atomic E-state index is 0.157. The van der Waals surface area contributed by atoms with Crippen molar-refractivity contribution >= 4 is 15.9 Å². The Bertz CT molecular complexity index is 1500. The summed E-state index contributed by atoms with van der Waals surface area (Å²) in [7, 11) is -0.403. The number of nitriles is 1. The highest BCUT2D eigenvalue weighted by atomic mass is 32.2. The second kappa shape index (κ2) is 10.0. The fourth-order valence-electron chi connectivity index (χ4n) is 4.96. The van der Waals surface area contributed by atoms with E-state index in [9.17, 15) is 22.9 Å². The van der Waals surface area contributed by atoms with Gasteiger partial charge in [0.05, 0.1) is 12.0 Å². The van der Waals surface area contributed by atoms with Gasteiger partial charge >= 0.3 is 0 Å². The Morgan fingerprint density at radius 3 is 2.68 bits per heavy atom. The number of amides is 1. The molecule has 0 fully saturated rings. The Labute approximate surface area is 216 Å². The summed E-state index contributed by atoms with van der Waals surface area (Å²) in [5.41, 5.74) is 2.47. The van der Waals surface area contributed by atoms with Crippen molar-refractivity contribution in [1.82, 2.24) is 24.4 Å². The number of nitrogens with one attached hydrogen (secondary N) is 1. The van der Waals surface area contributed by atoms with Gasteiger partial charge in [0.1, 0.15) is 17.6 Å². The van der Waals surface area contributed by atoms with Crippen molar-refractivity contribution in [3.8, 4) is 17.2 Å². The van der Waals surface area contributed by atoms with Crippen LogP contribution in [0.25, 0.3) is 11.1 Å². The normalized spacial score (nSPS) is 13.4. The number of sulfonamides is 1. The van der Waals surface area contributed by atoms with Crippen LogP contribution in [-0.2, 0) is 39.6 Å². The monoisotopic (exact) mass is 524 g/mol. The molecule has 37 heavy (non-hydrogen) atoms. The van der Waals surface area contributed by atoms with Crippen molar-refractivity contribution in [1.29, 1.82) is 5.26 Å². The molecule has 0 aliphatic heterocycles. The molecule has 1 aromatic carbocycles. The highest BCUT2D eigenvalue weighted by Crippen LogP contribution is 2.36. The van der Waals surface area contributed by atoms with Gasteiger partial charge in [-0.25, -0.2) is 14.1 Å². The number of halogens is 1. The van der Waals surface area contributed by atoms with Crippen molar-refractivity contribution < 1.29 is 17.6 Å². The number of carbonyl (C=O) groups excluding carboxylic acids is 1. The number of hydrogen-bond donors (Lipinski definition) is 1. The Morgan fingerprint density at radius 1 is 1.24 bits per heavy atom. The van der Waals surface area contributed by atoms with E-state index >= 15 is 0 Å². The lowest BCUT2D eigenvalue weighted by Gasteiger charge is -2.28. The average Bonchev–Trinajstić information content (AvgIpc) is 3.51. The minimum atomic E-state index is -4.23. The minimum Gasteiger partial charge on any atom is -0.307 e. The molecule has 0 saturated carbocycles. The first kappa shape index (κ1) is 26.4. The first-order valence-electron chi connectivity index (χ1n) is 11.9. The fraction of sp³-hybridized carbons (Fsp3) is 0.385. The van der Waals surface area contributed by atoms with Crippen molar-refractivity contribution in [3.05, 3.63) is 64.9 Å². The molecule has 0 bridgehead atoms. The molecular weight excluding hydrogens is 495 g/mol. The number of nitrogens with zero attached hydrogens (tertiary/aromatic N) is 5. The summed E-state index contributed by atoms with van der Waals surface area (Å²) in [6.07, 6.45) is 4.62. The number of aromatic nitrogens is 3. The number of pyridine rings is 1. The largest absolute Gasteiger partial charge is 0.307 e. The fourth-order valence-corrected chi connectivity index (χ4v) is 5.87. The lowest BCUT2D eigenvalue weighted by Crippen LogP contribution is -2.38. The third kappa shape index (κ3) is 5.55. The highest BCUT2D eigenvalue weighted by Gasteiger charge is 2.29. The van der Waals surface area contributed by atoms with Gasteiger partial charge in [0, 0.05) is 18.9 Å². The van der Waals surface area contributed by atoms with Crippen LogP contribution in [0.1, 0.15) is 42.7 Å². The second-order valence-electron chi connectivity index (χ2n) is 10.1. The summed E-state index contributed by atoms with van der Waals surface area (Å²) >= 11 is 0. The van der Waals surface area contributed by atoms with Crippen LogP contribution >= 0.6 is 0 Å². The van der Waals surface area contributed by atoms with Crippen LogP contribution in [0, 0.1) is 17.1 Å². The van der Waals surface area contributed by atoms with E-state index in [1.807, 2.05) is 38.9 Å². The van der Waals surface area contributed by atoms with Gasteiger partial charge in [0.2, 0.25) is 5.91 Å². The van der Waals surface area contributed by atoms with Crippen molar-refractivity contribution in [2.75, 3.05) is 20.6 Å². The van der Waals surface area contributed by atoms with Gasteiger partial charge in [0.15, 0.2) is 5.03 Å². The third-order valence-electron chi connectivity index (χ3n) is 6.40. The van der Waals surface area contributed by atoms with Crippen LogP contribution in [0.4, 0.5) is 4.39 Å². The molecule has 0 atom stereocenters. The van der Waals surface area contributed by atoms with E-state index in [0.717, 1.165) is 6.42 Å². The second-order valence-corrected chi connectivity index (χ2v) is 11.7. The van der Waals surface area contributed by atoms with E-state index < -0.39 is 21.5 Å². The summed E-state index contributed by atoms with van der Waals surface area (Å²) in [5.74, 6) is -1.13. The average molecular weight is 525 g/mol. The Hall–Kier alpha value is -3.62. The van der Waals surface area contributed by atoms with E-state index in [1.165, 1.54) is 24.4 Å². The van der Waals surface area contributed by atoms with Crippen LogP contribution in [0.5, 0.6) is 0 Å². The first-order chi connectivity index (χ1) is 17.4. The maximum Gasteiger partial charge on any atom is 0.283 e. The van der Waals surface area contributed by atoms with Gasteiger partial charge in [0.25, 0.3) is 10.0 Å². The Morgan fingerprint density at radius 2 is 1.97 bits per heavy atom. The van der Waals surface area contributed by atoms with Crippen LogP contribution < -0.4 is 4.72 Å². The smallest absolute Gasteiger partial charge is 0.283 e. The zero-order chi connectivity index (χ0) is 27.0. The SMILES string of the molecule is CN(C)CC(C)(C)n1ccc(S(=O)(=O)NC(=O)Cc2c(-c3ccnc(C#N)c3)cc(F)c3c2CCC3)n1. The number of fused-ring (bicyclic) bond motifs is 1. The molecule has 0 unspecified atom stereocenters. The third-order valence-corrected chi connectivity index (χ3v) is 7.67. The highest BCUT2D eigenvalue weighted by molar-refractivity contribution is 7.90. The molecule has 9 nitrogen and oxygen atoms in total. The van der Waals surface area contributed by atoms with Crippen molar-refractivity contribution in [3.63, 3.8) is 0 Å². The predicted molar refractivity (Wildman–Crippen MR) is 136 cm³/mol. The number of hydrogen-bond acceptors (Lipinski definition) is 7. The van der Waals surface area contributed by atoms with Gasteiger partial charge in [-0.1, -0.05) is 0 Å². The lowest BCUT2D eigenvalue weighted by atomic mass is 9.90. The maximum absolute atomic E-state index is 14.9. The zero-order valence-electron chi connectivity index (χ0n) is 21.2. The molecular formula is C26H29FN6O3S. The molecule has 3 aromatic rings. The van der Waals surface area contributed by atoms with Crippen LogP contribution in [0.3, 0.4) is 0 Å². The molecule has 0 saturated heterocycles. The molecule has 4 rings (SSSR count). The van der Waals surface area contributed by atoms with Gasteiger partial charge in [-0.3, -0.25) is 9.48 Å². The predicted octanol–water partition coefficient (Wildman–Crippen LogP) is 2.79. The molecule has 1 N–H and O–H groups in total. The Kier molecular flexibility index (Phi) is 7.17. The van der Waals surface area contributed by atoms with Crippen molar-refractivity contribution in [2.45, 2.75) is 50.1 Å². The summed E-state index contributed by atoms with van der Waals surface area (Å²) in [4.78, 5) is 19.0. The van der Waals surface area contributed by atoms with E-state index in [2.05, 4.69) is 14.8 Å². The molecule has 0 radical (unpaired) electrons. The van der Waals surface area contributed by atoms with E-state index in [0.29, 0.717) is 47.2 Å². The summed E-state index contributed by atoms with van der Waals surface area (Å²) < 4.78 is 44.6. The standard InChI is InChI=1S/C26H29FN6O3S/c1-26(2,16-32(3)4)33-11-9-25(30-33)37(35,36)31-24(34)14-22-19-6-5-7-20(19)23(27)13-21(22)17-8-10-29-18(12-17)15-28/h8-13H,5-7,14,16H2,1-4H3,(H,31,34). The quantitative estimate of drug-likeness (QED) is 0.481. The maximum atomic E-state index is 14.9. The van der Waals surface area contributed by atoms with Gasteiger partial charge in [-0.2, -0.15) is 18.8 Å². The molecule has 1 amide bonds. The molecule has 1 aliphatic rings. The summed E-state index contributed by atoms with van der Waals surface area (Å²) in [6, 6.07) is 7.83. The molecule has 11 heteroatoms. The van der Waals surface area contributed by atoms with Gasteiger partial charge in [-0.05, 0) is 99.3 Å². The first-order valence-corrected chi connectivity index (χ1v) is 13.4. The Balaban J connectivity index is 1.63. The molecule has 2 heterocycles. The summed E-state index contributed by atoms with van der Waals surface area (Å²) in [5, 5.41) is 13.2. The van der Waals surface area contributed by atoms with E-state index in [4.69, 9.17) is 0 Å². The number of benzene rings is 1. The van der Waals surface area contributed by atoms with Gasteiger partial charge in [-0.15, -0.1) is 0 Å². The summed E-state index contributed by atoms with van der Waals surface area (Å²) in [6.45, 7) is 4.49. The van der Waals surface area contributed by atoms with Crippen molar-refractivity contribution in [2.24, 2.45) is 0 Å². The van der Waals surface area contributed by atoms with Gasteiger partial charge < -0.3 is 4.90 Å². The topological polar surface area (TPSA) is 121 Å². The van der Waals surface area contributed by atoms with Crippen LogP contribution in [0.2, 0.25) is 0 Å². The molecule has 194 valence electrons. The van der Waals surface area contributed by atoms with E-state index in [-0.39, 0.29) is 23.0 Å². The zero-order valence-corrected chi connectivity index (χ0v) is 22.1. The number of carbonyl (C=O) groups is 1. The molecule has 0 spiro atoms. The molecule has 1 aliphatic carbocycles. The van der Waals surface area contributed by atoms with Crippen LogP contribution in [-0.4, -0.2) is 54.6 Å². The lowest BCUT2D eigenvalue weighted by molar-refractivity contribution is -0.118.